The first kappa shape index (κ1) is 8.73. The van der Waals surface area contributed by atoms with Crippen LogP contribution in [-0.4, -0.2) is 9.38 Å². The summed E-state index contributed by atoms with van der Waals surface area (Å²) in [5.74, 6) is 0. The molecule has 0 amide bonds. The Labute approximate surface area is 93.5 Å². The molecule has 15 heavy (non-hydrogen) atoms. The van der Waals surface area contributed by atoms with Crippen molar-refractivity contribution < 1.29 is 0 Å². The topological polar surface area (TPSA) is 37.3 Å². The van der Waals surface area contributed by atoms with Crippen molar-refractivity contribution in [3.05, 3.63) is 51.4 Å². The van der Waals surface area contributed by atoms with Crippen LogP contribution in [0, 0.1) is 0 Å². The van der Waals surface area contributed by atoms with Crippen molar-refractivity contribution >= 4 is 32.5 Å². The second-order valence-electron chi connectivity index (χ2n) is 3.35. The van der Waals surface area contributed by atoms with Crippen LogP contribution in [0.15, 0.2) is 45.8 Å². The summed E-state index contributed by atoms with van der Waals surface area (Å²) in [6.45, 7) is 0. The van der Waals surface area contributed by atoms with E-state index in [1.54, 1.807) is 6.07 Å². The smallest absolute Gasteiger partial charge is 0.272 e. The van der Waals surface area contributed by atoms with Crippen LogP contribution in [0.3, 0.4) is 0 Å². The van der Waals surface area contributed by atoms with Gasteiger partial charge in [0, 0.05) is 10.7 Å². The van der Waals surface area contributed by atoms with Gasteiger partial charge in [0.05, 0.1) is 11.0 Å². The molecule has 74 valence electrons. The van der Waals surface area contributed by atoms with Crippen molar-refractivity contribution in [2.75, 3.05) is 0 Å². The molecule has 4 heteroatoms. The maximum Gasteiger partial charge on any atom is 0.272 e. The first-order valence-corrected chi connectivity index (χ1v) is 5.34. The predicted molar refractivity (Wildman–Crippen MR) is 63.2 cm³/mol. The van der Waals surface area contributed by atoms with E-state index in [4.69, 9.17) is 0 Å². The summed E-state index contributed by atoms with van der Waals surface area (Å²) >= 11 is 3.42. The average Bonchev–Trinajstić information content (AvgIpc) is 2.69. The Morgan fingerprint density at radius 2 is 1.93 bits per heavy atom. The van der Waals surface area contributed by atoms with E-state index in [1.807, 2.05) is 34.9 Å². The summed E-state index contributed by atoms with van der Waals surface area (Å²) in [6.07, 6.45) is 1.89. The number of fused-ring (bicyclic) bond motifs is 3. The summed E-state index contributed by atoms with van der Waals surface area (Å²) in [5.41, 5.74) is 2.41. The van der Waals surface area contributed by atoms with Gasteiger partial charge in [-0.1, -0.05) is 6.07 Å². The van der Waals surface area contributed by atoms with E-state index in [-0.39, 0.29) is 5.56 Å². The summed E-state index contributed by atoms with van der Waals surface area (Å²) in [4.78, 5) is 14.6. The number of hydrogen-bond donors (Lipinski definition) is 1. The molecular weight excluding hydrogens is 256 g/mol. The zero-order valence-electron chi connectivity index (χ0n) is 7.70. The van der Waals surface area contributed by atoms with Crippen molar-refractivity contribution in [1.29, 1.82) is 0 Å². The maximum absolute atomic E-state index is 11.7. The molecule has 2 heterocycles. The molecule has 0 spiro atoms. The summed E-state index contributed by atoms with van der Waals surface area (Å²) < 4.78 is 2.78. The summed E-state index contributed by atoms with van der Waals surface area (Å²) in [7, 11) is 0. The number of benzene rings is 1. The summed E-state index contributed by atoms with van der Waals surface area (Å²) in [6, 6.07) is 9.50. The highest BCUT2D eigenvalue weighted by molar-refractivity contribution is 9.10. The van der Waals surface area contributed by atoms with Crippen molar-refractivity contribution in [3.8, 4) is 0 Å². The van der Waals surface area contributed by atoms with Gasteiger partial charge in [-0.15, -0.1) is 0 Å². The number of nitrogens with one attached hydrogen (secondary N) is 1. The first-order chi connectivity index (χ1) is 7.27. The number of nitrogens with zero attached hydrogens (tertiary/aromatic N) is 1. The van der Waals surface area contributed by atoms with Gasteiger partial charge in [-0.3, -0.25) is 4.79 Å². The maximum atomic E-state index is 11.7. The van der Waals surface area contributed by atoms with Gasteiger partial charge in [0.15, 0.2) is 0 Å². The fraction of sp³-hybridized carbons (Fsp3) is 0. The highest BCUT2D eigenvalue weighted by Gasteiger charge is 2.05. The molecule has 0 aliphatic heterocycles. The Balaban J connectivity index is 2.72. The van der Waals surface area contributed by atoms with Crippen LogP contribution in [0.4, 0.5) is 0 Å². The standard InChI is InChI=1S/C11H7BrN2O/c12-7-3-1-4-8-10(7)13-11(15)9-5-2-6-14(8)9/h1-6H,(H,13,15). The normalized spacial score (nSPS) is 11.3. The van der Waals surface area contributed by atoms with E-state index >= 15 is 0 Å². The Bertz CT molecular complexity index is 711. The van der Waals surface area contributed by atoms with E-state index < -0.39 is 0 Å². The minimum absolute atomic E-state index is 0.0700. The van der Waals surface area contributed by atoms with Crippen LogP contribution < -0.4 is 5.56 Å². The molecule has 0 atom stereocenters. The second kappa shape index (κ2) is 2.97. The van der Waals surface area contributed by atoms with E-state index in [0.29, 0.717) is 5.52 Å². The highest BCUT2D eigenvalue weighted by Crippen LogP contribution is 2.21. The molecule has 1 aromatic carbocycles. The molecule has 0 radical (unpaired) electrons. The van der Waals surface area contributed by atoms with Crippen LogP contribution in [0.25, 0.3) is 16.6 Å². The van der Waals surface area contributed by atoms with Crippen LogP contribution in [-0.2, 0) is 0 Å². The van der Waals surface area contributed by atoms with Gasteiger partial charge in [0.2, 0.25) is 0 Å². The van der Waals surface area contributed by atoms with E-state index in [9.17, 15) is 4.79 Å². The molecule has 2 aromatic heterocycles. The third kappa shape index (κ3) is 1.15. The van der Waals surface area contributed by atoms with E-state index in [1.165, 1.54) is 0 Å². The quantitative estimate of drug-likeness (QED) is 0.665. The van der Waals surface area contributed by atoms with Gasteiger partial charge in [0.1, 0.15) is 5.52 Å². The highest BCUT2D eigenvalue weighted by atomic mass is 79.9. The van der Waals surface area contributed by atoms with Crippen LogP contribution >= 0.6 is 15.9 Å². The third-order valence-corrected chi connectivity index (χ3v) is 3.13. The first-order valence-electron chi connectivity index (χ1n) is 4.55. The SMILES string of the molecule is O=c1[nH]c2c(Br)cccc2n2cccc12. The third-order valence-electron chi connectivity index (χ3n) is 2.47. The van der Waals surface area contributed by atoms with Crippen LogP contribution in [0.1, 0.15) is 0 Å². The number of para-hydroxylation sites is 1. The monoisotopic (exact) mass is 262 g/mol. The molecule has 0 aliphatic rings. The Morgan fingerprint density at radius 1 is 1.13 bits per heavy atom. The van der Waals surface area contributed by atoms with Gasteiger partial charge in [-0.2, -0.15) is 0 Å². The molecular formula is C11H7BrN2O. The molecule has 0 fully saturated rings. The minimum atomic E-state index is -0.0700. The average molecular weight is 263 g/mol. The van der Waals surface area contributed by atoms with Crippen molar-refractivity contribution in [2.45, 2.75) is 0 Å². The summed E-state index contributed by atoms with van der Waals surface area (Å²) in [5, 5.41) is 0. The van der Waals surface area contributed by atoms with Crippen LogP contribution in [0.5, 0.6) is 0 Å². The number of H-pyrrole nitrogens is 1. The fourth-order valence-corrected chi connectivity index (χ4v) is 2.25. The largest absolute Gasteiger partial charge is 0.318 e. The molecule has 0 aliphatic carbocycles. The molecule has 0 bridgehead atoms. The van der Waals surface area contributed by atoms with Crippen LogP contribution in [0.2, 0.25) is 0 Å². The number of rotatable bonds is 0. The molecule has 0 unspecified atom stereocenters. The van der Waals surface area contributed by atoms with Crippen molar-refractivity contribution in [3.63, 3.8) is 0 Å². The molecule has 0 saturated carbocycles. The van der Waals surface area contributed by atoms with Gasteiger partial charge in [0.25, 0.3) is 5.56 Å². The van der Waals surface area contributed by atoms with Gasteiger partial charge in [-0.25, -0.2) is 0 Å². The lowest BCUT2D eigenvalue weighted by Gasteiger charge is -2.03. The fourth-order valence-electron chi connectivity index (χ4n) is 1.79. The zero-order valence-corrected chi connectivity index (χ0v) is 9.28. The number of aromatic amines is 1. The molecule has 3 rings (SSSR count). The number of halogens is 1. The zero-order chi connectivity index (χ0) is 10.4. The lowest BCUT2D eigenvalue weighted by molar-refractivity contribution is 1.18. The molecule has 3 nitrogen and oxygen atoms in total. The number of hydrogen-bond acceptors (Lipinski definition) is 1. The molecule has 0 saturated heterocycles. The lowest BCUT2D eigenvalue weighted by Crippen LogP contribution is -2.09. The lowest BCUT2D eigenvalue weighted by atomic mass is 10.3. The van der Waals surface area contributed by atoms with Crippen molar-refractivity contribution in [1.82, 2.24) is 9.38 Å². The van der Waals surface area contributed by atoms with Gasteiger partial charge >= 0.3 is 0 Å². The van der Waals surface area contributed by atoms with Gasteiger partial charge < -0.3 is 9.38 Å². The Hall–Kier alpha value is -1.55. The van der Waals surface area contributed by atoms with E-state index in [2.05, 4.69) is 20.9 Å². The molecule has 1 N–H and O–H groups in total. The Morgan fingerprint density at radius 3 is 2.80 bits per heavy atom. The predicted octanol–water partition coefficient (Wildman–Crippen LogP) is 2.54. The number of aromatic nitrogens is 2. The second-order valence-corrected chi connectivity index (χ2v) is 4.21. The Kier molecular flexibility index (Phi) is 1.73. The van der Waals surface area contributed by atoms with Crippen molar-refractivity contribution in [2.24, 2.45) is 0 Å². The molecule has 3 aromatic rings. The van der Waals surface area contributed by atoms with E-state index in [0.717, 1.165) is 15.5 Å². The van der Waals surface area contributed by atoms with Gasteiger partial charge in [-0.05, 0) is 40.2 Å². The minimum Gasteiger partial charge on any atom is -0.318 e.